The van der Waals surface area contributed by atoms with Crippen LogP contribution in [0.5, 0.6) is 5.75 Å². The van der Waals surface area contributed by atoms with Crippen LogP contribution in [0, 0.1) is 5.92 Å². The molecule has 5 nitrogen and oxygen atoms in total. The number of amides is 1. The van der Waals surface area contributed by atoms with Gasteiger partial charge in [0.15, 0.2) is 0 Å². The molecule has 1 aromatic carbocycles. The van der Waals surface area contributed by atoms with E-state index in [1.54, 1.807) is 0 Å². The highest BCUT2D eigenvalue weighted by molar-refractivity contribution is 5.95. The van der Waals surface area contributed by atoms with Crippen LogP contribution in [-0.4, -0.2) is 38.3 Å². The SMILES string of the molecule is Cl.O=C(Nc1ccccc1OCC1CC1)C1CNCCO1. The van der Waals surface area contributed by atoms with Crippen molar-refractivity contribution in [3.05, 3.63) is 24.3 Å². The summed E-state index contributed by atoms with van der Waals surface area (Å²) in [5.41, 5.74) is 0.715. The van der Waals surface area contributed by atoms with Gasteiger partial charge in [0.2, 0.25) is 0 Å². The Morgan fingerprint density at radius 1 is 1.38 bits per heavy atom. The number of rotatable bonds is 5. The predicted molar refractivity (Wildman–Crippen MR) is 83.1 cm³/mol. The first-order chi connectivity index (χ1) is 9.83. The zero-order chi connectivity index (χ0) is 13.8. The molecule has 1 atom stereocenters. The molecule has 2 N–H and O–H groups in total. The van der Waals surface area contributed by atoms with E-state index in [-0.39, 0.29) is 18.3 Å². The van der Waals surface area contributed by atoms with Crippen LogP contribution in [0.4, 0.5) is 5.69 Å². The average Bonchev–Trinajstić information content (AvgIpc) is 3.31. The average molecular weight is 313 g/mol. The lowest BCUT2D eigenvalue weighted by molar-refractivity contribution is -0.128. The van der Waals surface area contributed by atoms with Crippen molar-refractivity contribution in [1.82, 2.24) is 5.32 Å². The van der Waals surface area contributed by atoms with Gasteiger partial charge in [0.1, 0.15) is 11.9 Å². The Morgan fingerprint density at radius 2 is 2.19 bits per heavy atom. The van der Waals surface area contributed by atoms with Crippen LogP contribution < -0.4 is 15.4 Å². The number of para-hydroxylation sites is 2. The number of hydrogen-bond acceptors (Lipinski definition) is 4. The molecule has 1 aromatic rings. The van der Waals surface area contributed by atoms with Gasteiger partial charge in [-0.25, -0.2) is 0 Å². The van der Waals surface area contributed by atoms with Gasteiger partial charge in [-0.1, -0.05) is 12.1 Å². The Labute approximate surface area is 130 Å². The van der Waals surface area contributed by atoms with Gasteiger partial charge in [0.05, 0.1) is 18.9 Å². The smallest absolute Gasteiger partial charge is 0.254 e. The van der Waals surface area contributed by atoms with Crippen molar-refractivity contribution in [2.75, 3.05) is 31.6 Å². The summed E-state index contributed by atoms with van der Waals surface area (Å²) in [7, 11) is 0. The first-order valence-corrected chi connectivity index (χ1v) is 7.18. The second-order valence-corrected chi connectivity index (χ2v) is 5.30. The van der Waals surface area contributed by atoms with Gasteiger partial charge in [0.25, 0.3) is 5.91 Å². The molecule has 0 spiro atoms. The molecule has 1 aliphatic carbocycles. The minimum absolute atomic E-state index is 0. The summed E-state index contributed by atoms with van der Waals surface area (Å²) in [4.78, 5) is 12.1. The highest BCUT2D eigenvalue weighted by Crippen LogP contribution is 2.31. The Bertz CT molecular complexity index is 474. The second kappa shape index (κ2) is 7.64. The summed E-state index contributed by atoms with van der Waals surface area (Å²) in [6, 6.07) is 7.55. The molecular weight excluding hydrogens is 292 g/mol. The number of carbonyl (C=O) groups is 1. The molecule has 1 aliphatic heterocycles. The summed E-state index contributed by atoms with van der Waals surface area (Å²) in [6.45, 7) is 2.65. The Morgan fingerprint density at radius 3 is 2.90 bits per heavy atom. The molecule has 2 fully saturated rings. The molecule has 1 saturated heterocycles. The third-order valence-corrected chi connectivity index (χ3v) is 3.54. The molecule has 0 radical (unpaired) electrons. The lowest BCUT2D eigenvalue weighted by Gasteiger charge is -2.23. The summed E-state index contributed by atoms with van der Waals surface area (Å²) in [6.07, 6.45) is 2.06. The van der Waals surface area contributed by atoms with Crippen LogP contribution in [0.15, 0.2) is 24.3 Å². The number of morpholine rings is 1. The van der Waals surface area contributed by atoms with E-state index in [2.05, 4.69) is 10.6 Å². The zero-order valence-corrected chi connectivity index (χ0v) is 12.7. The third kappa shape index (κ3) is 4.59. The Balaban J connectivity index is 0.00000161. The highest BCUT2D eigenvalue weighted by atomic mass is 35.5. The number of benzene rings is 1. The van der Waals surface area contributed by atoms with E-state index in [0.717, 1.165) is 18.9 Å². The van der Waals surface area contributed by atoms with E-state index in [1.165, 1.54) is 12.8 Å². The van der Waals surface area contributed by atoms with E-state index in [9.17, 15) is 4.79 Å². The highest BCUT2D eigenvalue weighted by Gasteiger charge is 2.24. The van der Waals surface area contributed by atoms with E-state index in [4.69, 9.17) is 9.47 Å². The van der Waals surface area contributed by atoms with Gasteiger partial charge >= 0.3 is 0 Å². The van der Waals surface area contributed by atoms with Crippen LogP contribution in [0.1, 0.15) is 12.8 Å². The van der Waals surface area contributed by atoms with Gasteiger partial charge in [-0.3, -0.25) is 4.79 Å². The van der Waals surface area contributed by atoms with Crippen molar-refractivity contribution in [1.29, 1.82) is 0 Å². The quantitative estimate of drug-likeness (QED) is 0.871. The summed E-state index contributed by atoms with van der Waals surface area (Å²) >= 11 is 0. The molecule has 0 bridgehead atoms. The molecule has 21 heavy (non-hydrogen) atoms. The number of anilines is 1. The van der Waals surface area contributed by atoms with Crippen molar-refractivity contribution >= 4 is 24.0 Å². The van der Waals surface area contributed by atoms with Crippen LogP contribution in [0.25, 0.3) is 0 Å². The van der Waals surface area contributed by atoms with E-state index >= 15 is 0 Å². The molecular formula is C15H21ClN2O3. The number of hydrogen-bond donors (Lipinski definition) is 2. The lowest BCUT2D eigenvalue weighted by atomic mass is 10.2. The molecule has 116 valence electrons. The fourth-order valence-electron chi connectivity index (χ4n) is 2.13. The van der Waals surface area contributed by atoms with Gasteiger partial charge in [0, 0.05) is 13.1 Å². The molecule has 1 saturated carbocycles. The monoisotopic (exact) mass is 312 g/mol. The van der Waals surface area contributed by atoms with Crippen molar-refractivity contribution in [3.63, 3.8) is 0 Å². The van der Waals surface area contributed by atoms with Crippen molar-refractivity contribution in [2.24, 2.45) is 5.92 Å². The van der Waals surface area contributed by atoms with E-state index in [1.807, 2.05) is 24.3 Å². The van der Waals surface area contributed by atoms with Gasteiger partial charge in [-0.05, 0) is 30.9 Å². The minimum Gasteiger partial charge on any atom is -0.491 e. The first kappa shape index (κ1) is 16.1. The largest absolute Gasteiger partial charge is 0.491 e. The fraction of sp³-hybridized carbons (Fsp3) is 0.533. The standard InChI is InChI=1S/C15H20N2O3.ClH/c18-15(14-9-16-7-8-19-14)17-12-3-1-2-4-13(12)20-10-11-5-6-11;/h1-4,11,14,16H,5-10H2,(H,17,18);1H. The third-order valence-electron chi connectivity index (χ3n) is 3.54. The summed E-state index contributed by atoms with van der Waals surface area (Å²) < 4.78 is 11.2. The van der Waals surface area contributed by atoms with Crippen molar-refractivity contribution < 1.29 is 14.3 Å². The number of ether oxygens (including phenoxy) is 2. The van der Waals surface area contributed by atoms with Gasteiger partial charge in [-0.2, -0.15) is 0 Å². The van der Waals surface area contributed by atoms with E-state index < -0.39 is 6.10 Å². The summed E-state index contributed by atoms with van der Waals surface area (Å²) in [5.74, 6) is 1.29. The maximum Gasteiger partial charge on any atom is 0.254 e. The minimum atomic E-state index is -0.430. The maximum atomic E-state index is 12.1. The van der Waals surface area contributed by atoms with Gasteiger partial charge < -0.3 is 20.1 Å². The fourth-order valence-corrected chi connectivity index (χ4v) is 2.13. The number of halogens is 1. The Kier molecular flexibility index (Phi) is 5.85. The van der Waals surface area contributed by atoms with Crippen LogP contribution in [0.2, 0.25) is 0 Å². The molecule has 1 unspecified atom stereocenters. The normalized spacial score (nSPS) is 21.2. The molecule has 1 amide bonds. The van der Waals surface area contributed by atoms with Crippen molar-refractivity contribution in [2.45, 2.75) is 18.9 Å². The van der Waals surface area contributed by atoms with Crippen LogP contribution in [0.3, 0.4) is 0 Å². The van der Waals surface area contributed by atoms with Crippen LogP contribution in [-0.2, 0) is 9.53 Å². The number of carbonyl (C=O) groups excluding carboxylic acids is 1. The second-order valence-electron chi connectivity index (χ2n) is 5.30. The van der Waals surface area contributed by atoms with Crippen LogP contribution >= 0.6 is 12.4 Å². The maximum absolute atomic E-state index is 12.1. The topological polar surface area (TPSA) is 59.6 Å². The Hall–Kier alpha value is -1.30. The van der Waals surface area contributed by atoms with Gasteiger partial charge in [-0.15, -0.1) is 12.4 Å². The number of nitrogens with one attached hydrogen (secondary N) is 2. The van der Waals surface area contributed by atoms with E-state index in [0.29, 0.717) is 24.8 Å². The molecule has 0 aromatic heterocycles. The molecule has 2 aliphatic rings. The molecule has 1 heterocycles. The molecule has 6 heteroatoms. The molecule has 3 rings (SSSR count). The zero-order valence-electron chi connectivity index (χ0n) is 11.8. The van der Waals surface area contributed by atoms with Crippen molar-refractivity contribution in [3.8, 4) is 5.75 Å². The first-order valence-electron chi connectivity index (χ1n) is 7.18. The predicted octanol–water partition coefficient (Wildman–Crippen LogP) is 1.82. The lowest BCUT2D eigenvalue weighted by Crippen LogP contribution is -2.45. The summed E-state index contributed by atoms with van der Waals surface area (Å²) in [5, 5.41) is 6.04.